The minimum atomic E-state index is -0.613. The Kier molecular flexibility index (Phi) is 5.76. The summed E-state index contributed by atoms with van der Waals surface area (Å²) in [6, 6.07) is 11.4. The Morgan fingerprint density at radius 2 is 1.79 bits per heavy atom. The smallest absolute Gasteiger partial charge is 0.288 e. The summed E-state index contributed by atoms with van der Waals surface area (Å²) in [7, 11) is 0. The zero-order chi connectivity index (χ0) is 17.7. The fourth-order valence-electron chi connectivity index (χ4n) is 2.34. The number of halogens is 1. The van der Waals surface area contributed by atoms with Crippen molar-refractivity contribution in [1.82, 2.24) is 0 Å². The first kappa shape index (κ1) is 17.7. The zero-order valence-corrected chi connectivity index (χ0v) is 14.2. The largest absolute Gasteiger partial charge is 0.372 e. The van der Waals surface area contributed by atoms with Crippen LogP contribution in [0.4, 0.5) is 17.1 Å². The van der Waals surface area contributed by atoms with Gasteiger partial charge in [-0.05, 0) is 50.2 Å². The Morgan fingerprint density at radius 3 is 2.33 bits per heavy atom. The number of amides is 1. The number of rotatable bonds is 6. The van der Waals surface area contributed by atoms with E-state index >= 15 is 0 Å². The molecule has 2 aromatic rings. The van der Waals surface area contributed by atoms with Crippen molar-refractivity contribution >= 4 is 34.6 Å². The van der Waals surface area contributed by atoms with E-state index in [0.29, 0.717) is 5.69 Å². The summed E-state index contributed by atoms with van der Waals surface area (Å²) in [5.41, 5.74) is 1.58. The molecule has 0 spiro atoms. The van der Waals surface area contributed by atoms with Gasteiger partial charge in [0.2, 0.25) is 0 Å². The van der Waals surface area contributed by atoms with Crippen LogP contribution in [0.2, 0.25) is 5.02 Å². The van der Waals surface area contributed by atoms with Gasteiger partial charge in [0.15, 0.2) is 0 Å². The molecule has 0 saturated carbocycles. The van der Waals surface area contributed by atoms with Crippen molar-refractivity contribution in [3.63, 3.8) is 0 Å². The number of nitro groups is 1. The van der Waals surface area contributed by atoms with Gasteiger partial charge in [-0.3, -0.25) is 14.9 Å². The highest BCUT2D eigenvalue weighted by atomic mass is 35.5. The van der Waals surface area contributed by atoms with Gasteiger partial charge < -0.3 is 10.2 Å². The van der Waals surface area contributed by atoms with Gasteiger partial charge in [-0.25, -0.2) is 0 Å². The predicted molar refractivity (Wildman–Crippen MR) is 96.1 cm³/mol. The van der Waals surface area contributed by atoms with Crippen LogP contribution in [0.3, 0.4) is 0 Å². The molecular formula is C17H18ClN3O3. The van der Waals surface area contributed by atoms with E-state index in [-0.39, 0.29) is 16.3 Å². The molecule has 0 saturated heterocycles. The van der Waals surface area contributed by atoms with E-state index in [0.717, 1.165) is 18.8 Å². The van der Waals surface area contributed by atoms with Crippen LogP contribution in [0.25, 0.3) is 0 Å². The van der Waals surface area contributed by atoms with Crippen LogP contribution >= 0.6 is 11.6 Å². The van der Waals surface area contributed by atoms with E-state index in [2.05, 4.69) is 24.1 Å². The highest BCUT2D eigenvalue weighted by Crippen LogP contribution is 2.25. The zero-order valence-electron chi connectivity index (χ0n) is 13.5. The summed E-state index contributed by atoms with van der Waals surface area (Å²) in [5.74, 6) is -0.426. The molecule has 0 aliphatic carbocycles. The molecule has 0 radical (unpaired) electrons. The molecule has 6 nitrogen and oxygen atoms in total. The highest BCUT2D eigenvalue weighted by Gasteiger charge is 2.16. The van der Waals surface area contributed by atoms with Gasteiger partial charge in [-0.15, -0.1) is 0 Å². The van der Waals surface area contributed by atoms with Crippen LogP contribution in [-0.4, -0.2) is 23.9 Å². The molecule has 126 valence electrons. The Morgan fingerprint density at radius 1 is 1.17 bits per heavy atom. The summed E-state index contributed by atoms with van der Waals surface area (Å²) in [6.45, 7) is 5.95. The van der Waals surface area contributed by atoms with E-state index in [4.69, 9.17) is 11.6 Å². The van der Waals surface area contributed by atoms with Crippen molar-refractivity contribution in [3.8, 4) is 0 Å². The van der Waals surface area contributed by atoms with Crippen molar-refractivity contribution in [3.05, 3.63) is 63.2 Å². The summed E-state index contributed by atoms with van der Waals surface area (Å²) >= 11 is 5.75. The van der Waals surface area contributed by atoms with Crippen LogP contribution in [-0.2, 0) is 0 Å². The number of benzene rings is 2. The second-order valence-electron chi connectivity index (χ2n) is 5.10. The molecule has 0 fully saturated rings. The number of anilines is 2. The molecule has 0 unspecified atom stereocenters. The Hall–Kier alpha value is -2.60. The monoisotopic (exact) mass is 347 g/mol. The van der Waals surface area contributed by atoms with Gasteiger partial charge >= 0.3 is 0 Å². The third-order valence-corrected chi connectivity index (χ3v) is 3.98. The SMILES string of the molecule is CCN(CC)c1ccc(NC(=O)c2ccc(Cl)c([N+](=O)[O-])c2)cc1. The highest BCUT2D eigenvalue weighted by molar-refractivity contribution is 6.32. The number of carbonyl (C=O) groups excluding carboxylic acids is 1. The average molecular weight is 348 g/mol. The first-order chi connectivity index (χ1) is 11.5. The molecule has 0 bridgehead atoms. The second-order valence-corrected chi connectivity index (χ2v) is 5.50. The van der Waals surface area contributed by atoms with Crippen LogP contribution in [0.5, 0.6) is 0 Å². The van der Waals surface area contributed by atoms with Crippen LogP contribution in [0.1, 0.15) is 24.2 Å². The van der Waals surface area contributed by atoms with Crippen molar-refractivity contribution in [2.24, 2.45) is 0 Å². The topological polar surface area (TPSA) is 75.5 Å². The summed E-state index contributed by atoms with van der Waals surface area (Å²) in [5, 5.41) is 13.6. The molecule has 24 heavy (non-hydrogen) atoms. The minimum absolute atomic E-state index is 0.000116. The maximum atomic E-state index is 12.2. The van der Waals surface area contributed by atoms with Crippen molar-refractivity contribution in [2.45, 2.75) is 13.8 Å². The van der Waals surface area contributed by atoms with Crippen molar-refractivity contribution in [2.75, 3.05) is 23.3 Å². The maximum Gasteiger partial charge on any atom is 0.288 e. The fourth-order valence-corrected chi connectivity index (χ4v) is 2.53. The average Bonchev–Trinajstić information content (AvgIpc) is 2.57. The van der Waals surface area contributed by atoms with Gasteiger partial charge in [0.05, 0.1) is 4.92 Å². The lowest BCUT2D eigenvalue weighted by Crippen LogP contribution is -2.21. The normalized spacial score (nSPS) is 10.3. The third-order valence-electron chi connectivity index (χ3n) is 3.66. The van der Waals surface area contributed by atoms with Gasteiger partial charge in [0.25, 0.3) is 11.6 Å². The molecule has 2 aromatic carbocycles. The quantitative estimate of drug-likeness (QED) is 0.622. The van der Waals surface area contributed by atoms with Gasteiger partial charge in [0, 0.05) is 36.1 Å². The predicted octanol–water partition coefficient (Wildman–Crippen LogP) is 4.35. The summed E-state index contributed by atoms with van der Waals surface area (Å²) < 4.78 is 0. The lowest BCUT2D eigenvalue weighted by molar-refractivity contribution is -0.384. The Bertz CT molecular complexity index is 743. The summed E-state index contributed by atoms with van der Waals surface area (Å²) in [4.78, 5) is 24.7. The maximum absolute atomic E-state index is 12.2. The number of nitro benzene ring substituents is 1. The molecule has 0 heterocycles. The number of carbonyl (C=O) groups is 1. The van der Waals surface area contributed by atoms with Crippen LogP contribution < -0.4 is 10.2 Å². The molecular weight excluding hydrogens is 330 g/mol. The Labute approximate surface area is 145 Å². The van der Waals surface area contributed by atoms with E-state index < -0.39 is 10.8 Å². The lowest BCUT2D eigenvalue weighted by atomic mass is 10.2. The van der Waals surface area contributed by atoms with Gasteiger partial charge in [-0.2, -0.15) is 0 Å². The fraction of sp³-hybridized carbons (Fsp3) is 0.235. The number of hydrogen-bond donors (Lipinski definition) is 1. The van der Waals surface area contributed by atoms with E-state index in [1.165, 1.54) is 18.2 Å². The molecule has 0 aromatic heterocycles. The standard InChI is InChI=1S/C17H18ClN3O3/c1-3-20(4-2)14-8-6-13(7-9-14)19-17(22)12-5-10-15(18)16(11-12)21(23)24/h5-11H,3-4H2,1-2H3,(H,19,22). The van der Waals surface area contributed by atoms with Crippen LogP contribution in [0, 0.1) is 10.1 Å². The van der Waals surface area contributed by atoms with Crippen molar-refractivity contribution in [1.29, 1.82) is 0 Å². The molecule has 1 amide bonds. The first-order valence-electron chi connectivity index (χ1n) is 7.56. The van der Waals surface area contributed by atoms with Crippen LogP contribution in [0.15, 0.2) is 42.5 Å². The molecule has 2 rings (SSSR count). The molecule has 7 heteroatoms. The lowest BCUT2D eigenvalue weighted by Gasteiger charge is -2.21. The van der Waals surface area contributed by atoms with E-state index in [9.17, 15) is 14.9 Å². The summed E-state index contributed by atoms with van der Waals surface area (Å²) in [6.07, 6.45) is 0. The molecule has 0 atom stereocenters. The number of nitrogens with zero attached hydrogens (tertiary/aromatic N) is 2. The number of hydrogen-bond acceptors (Lipinski definition) is 4. The van der Waals surface area contributed by atoms with E-state index in [1.807, 2.05) is 12.1 Å². The Balaban J connectivity index is 2.15. The molecule has 0 aliphatic rings. The minimum Gasteiger partial charge on any atom is -0.372 e. The number of nitrogens with one attached hydrogen (secondary N) is 1. The molecule has 1 N–H and O–H groups in total. The molecule has 0 aliphatic heterocycles. The first-order valence-corrected chi connectivity index (χ1v) is 7.94. The van der Waals surface area contributed by atoms with Gasteiger partial charge in [-0.1, -0.05) is 11.6 Å². The third kappa shape index (κ3) is 4.02. The van der Waals surface area contributed by atoms with Crippen molar-refractivity contribution < 1.29 is 9.72 Å². The second kappa shape index (κ2) is 7.79. The van der Waals surface area contributed by atoms with E-state index in [1.54, 1.807) is 12.1 Å². The van der Waals surface area contributed by atoms with Gasteiger partial charge in [0.1, 0.15) is 5.02 Å².